The van der Waals surface area contributed by atoms with Gasteiger partial charge < -0.3 is 5.32 Å². The minimum absolute atomic E-state index is 0.229. The molecular weight excluding hydrogens is 174 g/mol. The molecule has 0 aliphatic rings. The van der Waals surface area contributed by atoms with Crippen LogP contribution in [0.15, 0.2) is 12.1 Å². The van der Waals surface area contributed by atoms with E-state index in [1.54, 1.807) is 0 Å². The summed E-state index contributed by atoms with van der Waals surface area (Å²) in [6.45, 7) is 10.7. The van der Waals surface area contributed by atoms with E-state index in [4.69, 9.17) is 0 Å². The smallest absolute Gasteiger partial charge is 0.148 e. The molecule has 1 aromatic rings. The number of hydrogen-bond donors (Lipinski definition) is 1. The second-order valence-electron chi connectivity index (χ2n) is 4.79. The van der Waals surface area contributed by atoms with Crippen LogP contribution in [0.3, 0.4) is 0 Å². The molecule has 0 aliphatic heterocycles. The molecular formula is C11H19N3. The fourth-order valence-corrected chi connectivity index (χ4v) is 0.914. The van der Waals surface area contributed by atoms with Gasteiger partial charge in [0.05, 0.1) is 5.69 Å². The Morgan fingerprint density at radius 3 is 2.29 bits per heavy atom. The van der Waals surface area contributed by atoms with Gasteiger partial charge in [0.25, 0.3) is 0 Å². The van der Waals surface area contributed by atoms with Crippen molar-refractivity contribution in [2.75, 3.05) is 5.32 Å². The summed E-state index contributed by atoms with van der Waals surface area (Å²) in [4.78, 5) is 0. The molecule has 0 amide bonds. The Bertz CT molecular complexity index is 284. The Hall–Kier alpha value is -1.12. The molecule has 0 saturated carbocycles. The van der Waals surface area contributed by atoms with E-state index >= 15 is 0 Å². The van der Waals surface area contributed by atoms with Crippen molar-refractivity contribution >= 4 is 5.82 Å². The Labute approximate surface area is 85.9 Å². The van der Waals surface area contributed by atoms with E-state index in [0.29, 0.717) is 6.04 Å². The first-order chi connectivity index (χ1) is 6.39. The Balaban J connectivity index is 2.65. The lowest BCUT2D eigenvalue weighted by Crippen LogP contribution is -2.31. The molecule has 14 heavy (non-hydrogen) atoms. The van der Waals surface area contributed by atoms with Crippen LogP contribution >= 0.6 is 0 Å². The predicted octanol–water partition coefficient (Wildman–Crippen LogP) is 2.63. The van der Waals surface area contributed by atoms with Crippen LogP contribution < -0.4 is 5.32 Å². The lowest BCUT2D eigenvalue weighted by atomic mass is 9.88. The summed E-state index contributed by atoms with van der Waals surface area (Å²) in [6.07, 6.45) is 0. The highest BCUT2D eigenvalue weighted by molar-refractivity contribution is 5.34. The number of nitrogens with one attached hydrogen (secondary N) is 1. The second kappa shape index (κ2) is 3.95. The van der Waals surface area contributed by atoms with Gasteiger partial charge in [0.1, 0.15) is 5.82 Å². The van der Waals surface area contributed by atoms with Crippen molar-refractivity contribution in [3.8, 4) is 0 Å². The van der Waals surface area contributed by atoms with Crippen molar-refractivity contribution in [2.45, 2.75) is 40.7 Å². The molecule has 0 radical (unpaired) electrons. The third-order valence-corrected chi connectivity index (χ3v) is 2.46. The number of hydrogen-bond acceptors (Lipinski definition) is 3. The molecule has 1 rings (SSSR count). The van der Waals surface area contributed by atoms with Crippen LogP contribution in [0.5, 0.6) is 0 Å². The number of nitrogens with zero attached hydrogens (tertiary/aromatic N) is 2. The molecule has 1 N–H and O–H groups in total. The van der Waals surface area contributed by atoms with Crippen molar-refractivity contribution in [1.29, 1.82) is 0 Å². The van der Waals surface area contributed by atoms with Crippen molar-refractivity contribution < 1.29 is 0 Å². The van der Waals surface area contributed by atoms with E-state index < -0.39 is 0 Å². The maximum Gasteiger partial charge on any atom is 0.148 e. The predicted molar refractivity (Wildman–Crippen MR) is 59.3 cm³/mol. The minimum Gasteiger partial charge on any atom is -0.366 e. The van der Waals surface area contributed by atoms with Crippen molar-refractivity contribution in [2.24, 2.45) is 5.41 Å². The number of anilines is 1. The highest BCUT2D eigenvalue weighted by atomic mass is 15.2. The van der Waals surface area contributed by atoms with Crippen LogP contribution in [-0.2, 0) is 0 Å². The fraction of sp³-hybridized carbons (Fsp3) is 0.636. The van der Waals surface area contributed by atoms with E-state index in [1.807, 2.05) is 19.1 Å². The Morgan fingerprint density at radius 2 is 1.86 bits per heavy atom. The Morgan fingerprint density at radius 1 is 1.21 bits per heavy atom. The lowest BCUT2D eigenvalue weighted by molar-refractivity contribution is 0.358. The maximum atomic E-state index is 4.07. The molecule has 3 heteroatoms. The number of aromatic nitrogens is 2. The molecule has 0 aliphatic carbocycles. The summed E-state index contributed by atoms with van der Waals surface area (Å²) in [5.41, 5.74) is 1.17. The van der Waals surface area contributed by atoms with Crippen LogP contribution in [0.25, 0.3) is 0 Å². The zero-order valence-electron chi connectivity index (χ0n) is 9.63. The molecule has 1 unspecified atom stereocenters. The van der Waals surface area contributed by atoms with Gasteiger partial charge in [0.2, 0.25) is 0 Å². The third kappa shape index (κ3) is 2.98. The molecule has 0 bridgehead atoms. The highest BCUT2D eigenvalue weighted by Crippen LogP contribution is 2.21. The normalized spacial score (nSPS) is 13.8. The van der Waals surface area contributed by atoms with Crippen LogP contribution in [0.2, 0.25) is 0 Å². The van der Waals surface area contributed by atoms with Gasteiger partial charge in [-0.05, 0) is 31.4 Å². The molecule has 78 valence electrons. The minimum atomic E-state index is 0.229. The quantitative estimate of drug-likeness (QED) is 0.784. The van der Waals surface area contributed by atoms with Crippen LogP contribution in [-0.4, -0.2) is 16.2 Å². The molecule has 1 atom stereocenters. The van der Waals surface area contributed by atoms with Crippen molar-refractivity contribution in [3.63, 3.8) is 0 Å². The largest absolute Gasteiger partial charge is 0.366 e. The standard InChI is InChI=1S/C11H19N3/c1-8-6-7-10(14-13-8)12-9(2)11(3,4)5/h6-7,9H,1-5H3,(H,12,14). The van der Waals surface area contributed by atoms with Gasteiger partial charge in [-0.1, -0.05) is 20.8 Å². The number of rotatable bonds is 2. The zero-order chi connectivity index (χ0) is 10.8. The van der Waals surface area contributed by atoms with E-state index in [1.165, 1.54) is 0 Å². The average Bonchev–Trinajstić information content (AvgIpc) is 2.07. The first-order valence-corrected chi connectivity index (χ1v) is 4.96. The van der Waals surface area contributed by atoms with Gasteiger partial charge in [-0.15, -0.1) is 5.10 Å². The summed E-state index contributed by atoms with van der Waals surface area (Å²) in [6, 6.07) is 4.30. The van der Waals surface area contributed by atoms with E-state index in [-0.39, 0.29) is 5.41 Å². The van der Waals surface area contributed by atoms with Crippen LogP contribution in [0.1, 0.15) is 33.4 Å². The molecule has 3 nitrogen and oxygen atoms in total. The van der Waals surface area contributed by atoms with E-state index in [9.17, 15) is 0 Å². The maximum absolute atomic E-state index is 4.07. The van der Waals surface area contributed by atoms with Crippen LogP contribution in [0.4, 0.5) is 5.82 Å². The molecule has 0 spiro atoms. The van der Waals surface area contributed by atoms with Crippen molar-refractivity contribution in [3.05, 3.63) is 17.8 Å². The molecule has 1 aromatic heterocycles. The second-order valence-corrected chi connectivity index (χ2v) is 4.79. The fourth-order valence-electron chi connectivity index (χ4n) is 0.914. The SMILES string of the molecule is Cc1ccc(NC(C)C(C)(C)C)nn1. The average molecular weight is 193 g/mol. The molecule has 0 saturated heterocycles. The summed E-state index contributed by atoms with van der Waals surface area (Å²) >= 11 is 0. The monoisotopic (exact) mass is 193 g/mol. The zero-order valence-corrected chi connectivity index (χ0v) is 9.63. The van der Waals surface area contributed by atoms with Gasteiger partial charge >= 0.3 is 0 Å². The topological polar surface area (TPSA) is 37.8 Å². The van der Waals surface area contributed by atoms with Gasteiger partial charge in [0, 0.05) is 6.04 Å². The summed E-state index contributed by atoms with van der Waals surface area (Å²) in [5.74, 6) is 0.845. The van der Waals surface area contributed by atoms with Crippen LogP contribution in [0, 0.1) is 12.3 Å². The molecule has 0 fully saturated rings. The van der Waals surface area contributed by atoms with Gasteiger partial charge in [-0.3, -0.25) is 0 Å². The van der Waals surface area contributed by atoms with Gasteiger partial charge in [-0.25, -0.2) is 0 Å². The van der Waals surface area contributed by atoms with Gasteiger partial charge in [0.15, 0.2) is 0 Å². The van der Waals surface area contributed by atoms with Crippen molar-refractivity contribution in [1.82, 2.24) is 10.2 Å². The summed E-state index contributed by atoms with van der Waals surface area (Å²) < 4.78 is 0. The van der Waals surface area contributed by atoms with E-state index in [2.05, 4.69) is 43.2 Å². The van der Waals surface area contributed by atoms with E-state index in [0.717, 1.165) is 11.5 Å². The van der Waals surface area contributed by atoms with Gasteiger partial charge in [-0.2, -0.15) is 5.10 Å². The highest BCUT2D eigenvalue weighted by Gasteiger charge is 2.19. The third-order valence-electron chi connectivity index (χ3n) is 2.46. The molecule has 0 aromatic carbocycles. The lowest BCUT2D eigenvalue weighted by Gasteiger charge is -2.28. The first kappa shape index (κ1) is 11.0. The summed E-state index contributed by atoms with van der Waals surface area (Å²) in [7, 11) is 0. The number of aryl methyl sites for hydroxylation is 1. The first-order valence-electron chi connectivity index (χ1n) is 4.96. The Kier molecular flexibility index (Phi) is 3.09. The molecule has 1 heterocycles. The summed E-state index contributed by atoms with van der Waals surface area (Å²) in [5, 5.41) is 11.4.